The average molecular weight is 390 g/mol. The number of hydrogen-bond acceptors (Lipinski definition) is 4. The summed E-state index contributed by atoms with van der Waals surface area (Å²) in [5.74, 6) is -0.0716. The summed E-state index contributed by atoms with van der Waals surface area (Å²) in [5, 5.41) is 3.11. The van der Waals surface area contributed by atoms with Crippen molar-refractivity contribution < 1.29 is 9.53 Å². The number of carbonyl (C=O) groups excluding carboxylic acids is 1. The Hall–Kier alpha value is -2.86. The van der Waals surface area contributed by atoms with Crippen LogP contribution >= 0.6 is 0 Å². The van der Waals surface area contributed by atoms with Crippen LogP contribution in [0.1, 0.15) is 47.8 Å². The predicted molar refractivity (Wildman–Crippen MR) is 113 cm³/mol. The lowest BCUT2D eigenvalue weighted by Crippen LogP contribution is -2.36. The fourth-order valence-corrected chi connectivity index (χ4v) is 3.98. The Bertz CT molecular complexity index is 1020. The van der Waals surface area contributed by atoms with Crippen LogP contribution in [-0.2, 0) is 4.74 Å². The quantitative estimate of drug-likeness (QED) is 0.722. The van der Waals surface area contributed by atoms with Crippen molar-refractivity contribution in [2.24, 2.45) is 0 Å². The van der Waals surface area contributed by atoms with E-state index in [1.165, 1.54) is 18.5 Å². The molecule has 0 spiro atoms. The van der Waals surface area contributed by atoms with E-state index in [-0.39, 0.29) is 11.9 Å². The van der Waals surface area contributed by atoms with Crippen LogP contribution in [0.4, 0.5) is 5.69 Å². The van der Waals surface area contributed by atoms with E-state index in [1.807, 2.05) is 31.5 Å². The van der Waals surface area contributed by atoms with Crippen molar-refractivity contribution in [3.8, 4) is 0 Å². The lowest BCUT2D eigenvalue weighted by Gasteiger charge is -2.29. The van der Waals surface area contributed by atoms with Gasteiger partial charge in [0, 0.05) is 30.4 Å². The Morgan fingerprint density at radius 3 is 2.62 bits per heavy atom. The van der Waals surface area contributed by atoms with Crippen LogP contribution < -0.4 is 10.2 Å². The number of amides is 1. The minimum atomic E-state index is -0.0716. The number of morpholine rings is 1. The first-order valence-electron chi connectivity index (χ1n) is 10.4. The van der Waals surface area contributed by atoms with E-state index in [9.17, 15) is 4.79 Å². The zero-order valence-corrected chi connectivity index (χ0v) is 16.7. The largest absolute Gasteiger partial charge is 0.378 e. The molecule has 6 heteroatoms. The van der Waals surface area contributed by atoms with E-state index in [0.29, 0.717) is 11.6 Å². The zero-order valence-electron chi connectivity index (χ0n) is 16.7. The number of aromatic nitrogens is 2. The molecule has 1 aliphatic carbocycles. The topological polar surface area (TPSA) is 59.4 Å². The molecule has 6 nitrogen and oxygen atoms in total. The highest BCUT2D eigenvalue weighted by atomic mass is 16.5. The van der Waals surface area contributed by atoms with Crippen molar-refractivity contribution in [1.82, 2.24) is 14.9 Å². The Balaban J connectivity index is 1.26. The van der Waals surface area contributed by atoms with Gasteiger partial charge in [-0.2, -0.15) is 0 Å². The first kappa shape index (κ1) is 18.2. The van der Waals surface area contributed by atoms with Gasteiger partial charge in [0.25, 0.3) is 5.91 Å². The van der Waals surface area contributed by atoms with E-state index in [0.717, 1.165) is 42.9 Å². The van der Waals surface area contributed by atoms with Gasteiger partial charge in [0.05, 0.1) is 36.6 Å². The van der Waals surface area contributed by atoms with Crippen LogP contribution in [0, 0.1) is 0 Å². The van der Waals surface area contributed by atoms with Crippen molar-refractivity contribution in [3.05, 3.63) is 59.9 Å². The number of fused-ring (bicyclic) bond motifs is 1. The monoisotopic (exact) mass is 390 g/mol. The fraction of sp³-hybridized carbons (Fsp3) is 0.391. The van der Waals surface area contributed by atoms with Crippen LogP contribution in [0.2, 0.25) is 0 Å². The number of nitrogens with zero attached hydrogens (tertiary/aromatic N) is 3. The molecule has 2 fully saturated rings. The summed E-state index contributed by atoms with van der Waals surface area (Å²) in [4.78, 5) is 19.6. The van der Waals surface area contributed by atoms with Crippen molar-refractivity contribution in [1.29, 1.82) is 0 Å². The summed E-state index contributed by atoms with van der Waals surface area (Å²) < 4.78 is 7.63. The molecule has 1 amide bonds. The maximum Gasteiger partial charge on any atom is 0.251 e. The lowest BCUT2D eigenvalue weighted by molar-refractivity contribution is 0.0940. The smallest absolute Gasteiger partial charge is 0.251 e. The normalized spacial score (nSPS) is 18.0. The van der Waals surface area contributed by atoms with Gasteiger partial charge < -0.3 is 19.5 Å². The second-order valence-corrected chi connectivity index (χ2v) is 7.97. The zero-order chi connectivity index (χ0) is 19.8. The van der Waals surface area contributed by atoms with Gasteiger partial charge in [-0.15, -0.1) is 0 Å². The Kier molecular flexibility index (Phi) is 4.72. The molecule has 0 radical (unpaired) electrons. The highest BCUT2D eigenvalue weighted by molar-refractivity contribution is 5.97. The van der Waals surface area contributed by atoms with Gasteiger partial charge in [-0.3, -0.25) is 4.79 Å². The van der Waals surface area contributed by atoms with Crippen molar-refractivity contribution in [2.75, 3.05) is 31.2 Å². The highest BCUT2D eigenvalue weighted by Crippen LogP contribution is 2.37. The van der Waals surface area contributed by atoms with Crippen LogP contribution in [0.15, 0.2) is 48.8 Å². The third kappa shape index (κ3) is 3.72. The molecule has 1 N–H and O–H groups in total. The first-order valence-corrected chi connectivity index (χ1v) is 10.4. The number of anilines is 1. The molecule has 1 saturated heterocycles. The van der Waals surface area contributed by atoms with Crippen LogP contribution in [-0.4, -0.2) is 41.8 Å². The summed E-state index contributed by atoms with van der Waals surface area (Å²) >= 11 is 0. The molecule has 1 atom stereocenters. The molecule has 2 heterocycles. The number of nitrogens with one attached hydrogen (secondary N) is 1. The molecule has 3 aromatic rings. The molecule has 150 valence electrons. The van der Waals surface area contributed by atoms with Gasteiger partial charge in [-0.25, -0.2) is 4.98 Å². The summed E-state index contributed by atoms with van der Waals surface area (Å²) in [5.41, 5.74) is 4.93. The van der Waals surface area contributed by atoms with Crippen molar-refractivity contribution in [2.45, 2.75) is 31.8 Å². The third-order valence-corrected chi connectivity index (χ3v) is 5.89. The lowest BCUT2D eigenvalue weighted by atomic mass is 10.1. The Labute approximate surface area is 170 Å². The predicted octanol–water partition coefficient (Wildman–Crippen LogP) is 3.70. The molecular weight excluding hydrogens is 364 g/mol. The van der Waals surface area contributed by atoms with Crippen molar-refractivity contribution in [3.63, 3.8) is 0 Å². The summed E-state index contributed by atoms with van der Waals surface area (Å²) in [6, 6.07) is 14.7. The molecule has 1 saturated carbocycles. The molecule has 29 heavy (non-hydrogen) atoms. The molecule has 1 aliphatic heterocycles. The second-order valence-electron chi connectivity index (χ2n) is 7.97. The van der Waals surface area contributed by atoms with Gasteiger partial charge in [0.1, 0.15) is 0 Å². The van der Waals surface area contributed by atoms with Gasteiger partial charge in [0.2, 0.25) is 0 Å². The molecule has 2 aliphatic rings. The van der Waals surface area contributed by atoms with Crippen LogP contribution in [0.3, 0.4) is 0 Å². The molecule has 5 rings (SSSR count). The summed E-state index contributed by atoms with van der Waals surface area (Å²) in [7, 11) is 0. The van der Waals surface area contributed by atoms with Crippen LogP contribution in [0.5, 0.6) is 0 Å². The van der Waals surface area contributed by atoms with Gasteiger partial charge >= 0.3 is 0 Å². The maximum atomic E-state index is 12.8. The molecule has 1 unspecified atom stereocenters. The minimum Gasteiger partial charge on any atom is -0.378 e. The molecular formula is C23H26N4O2. The standard InChI is InChI=1S/C23H26N4O2/c1-16(17-2-5-19(6-3-17)26-10-12-29-13-11-26)25-23(28)18-4-9-22-21(14-18)24-15-27(22)20-7-8-20/h2-6,9,14-16,20H,7-8,10-13H2,1H3,(H,25,28). The van der Waals surface area contributed by atoms with Crippen LogP contribution in [0.25, 0.3) is 11.0 Å². The number of imidazole rings is 1. The van der Waals surface area contributed by atoms with E-state index in [1.54, 1.807) is 0 Å². The summed E-state index contributed by atoms with van der Waals surface area (Å²) in [6.45, 7) is 5.41. The van der Waals surface area contributed by atoms with Crippen molar-refractivity contribution >= 4 is 22.6 Å². The second kappa shape index (κ2) is 7.52. The maximum absolute atomic E-state index is 12.8. The van der Waals surface area contributed by atoms with E-state index < -0.39 is 0 Å². The number of carbonyl (C=O) groups is 1. The Morgan fingerprint density at radius 2 is 1.90 bits per heavy atom. The average Bonchev–Trinajstić information content (AvgIpc) is 3.53. The molecule has 1 aromatic heterocycles. The van der Waals surface area contributed by atoms with Gasteiger partial charge in [-0.05, 0) is 55.7 Å². The highest BCUT2D eigenvalue weighted by Gasteiger charge is 2.25. The fourth-order valence-electron chi connectivity index (χ4n) is 3.98. The minimum absolute atomic E-state index is 0.0686. The molecule has 0 bridgehead atoms. The van der Waals surface area contributed by atoms with E-state index in [2.05, 4.69) is 44.0 Å². The van der Waals surface area contributed by atoms with Gasteiger partial charge in [-0.1, -0.05) is 12.1 Å². The number of hydrogen-bond donors (Lipinski definition) is 1. The molecule has 2 aromatic carbocycles. The number of rotatable bonds is 5. The summed E-state index contributed by atoms with van der Waals surface area (Å²) in [6.07, 6.45) is 4.33. The third-order valence-electron chi connectivity index (χ3n) is 5.89. The number of ether oxygens (including phenoxy) is 1. The SMILES string of the molecule is CC(NC(=O)c1ccc2c(c1)ncn2C1CC1)c1ccc(N2CCOCC2)cc1. The van der Waals surface area contributed by atoms with Gasteiger partial charge in [0.15, 0.2) is 0 Å². The van der Waals surface area contributed by atoms with E-state index in [4.69, 9.17) is 4.74 Å². The Morgan fingerprint density at radius 1 is 1.14 bits per heavy atom. The first-order chi connectivity index (χ1) is 14.2. The van der Waals surface area contributed by atoms with E-state index >= 15 is 0 Å². The number of benzene rings is 2.